The standard InChI is InChI=1S/C13H15NOS/c1-8-5-4-6-11(9(8)2)13(15)12-7-14-10(3)16-12/h4-7,13,15H,1-3H3. The Morgan fingerprint density at radius 1 is 1.25 bits per heavy atom. The number of hydrogen-bond donors (Lipinski definition) is 1. The molecule has 3 heteroatoms. The van der Waals surface area contributed by atoms with E-state index < -0.39 is 6.10 Å². The number of benzene rings is 1. The molecule has 1 N–H and O–H groups in total. The molecule has 0 bridgehead atoms. The Hall–Kier alpha value is -1.19. The summed E-state index contributed by atoms with van der Waals surface area (Å²) in [5, 5.41) is 11.3. The van der Waals surface area contributed by atoms with Crippen molar-refractivity contribution in [2.75, 3.05) is 0 Å². The molecule has 0 aliphatic carbocycles. The third kappa shape index (κ3) is 2.01. The molecule has 1 atom stereocenters. The van der Waals surface area contributed by atoms with Crippen molar-refractivity contribution in [1.82, 2.24) is 4.98 Å². The molecule has 84 valence electrons. The third-order valence-corrected chi connectivity index (χ3v) is 3.81. The van der Waals surface area contributed by atoms with Crippen LogP contribution in [0.5, 0.6) is 0 Å². The maximum Gasteiger partial charge on any atom is 0.115 e. The lowest BCUT2D eigenvalue weighted by atomic mass is 9.99. The highest BCUT2D eigenvalue weighted by Crippen LogP contribution is 2.29. The van der Waals surface area contributed by atoms with E-state index in [1.165, 1.54) is 5.56 Å². The van der Waals surface area contributed by atoms with Gasteiger partial charge in [0.15, 0.2) is 0 Å². The molecule has 1 unspecified atom stereocenters. The summed E-state index contributed by atoms with van der Waals surface area (Å²) < 4.78 is 0. The minimum atomic E-state index is -0.550. The largest absolute Gasteiger partial charge is 0.383 e. The topological polar surface area (TPSA) is 33.1 Å². The van der Waals surface area contributed by atoms with Gasteiger partial charge in [0, 0.05) is 6.20 Å². The molecule has 0 amide bonds. The van der Waals surface area contributed by atoms with Gasteiger partial charge in [-0.1, -0.05) is 18.2 Å². The smallest absolute Gasteiger partial charge is 0.115 e. The van der Waals surface area contributed by atoms with Crippen molar-refractivity contribution in [1.29, 1.82) is 0 Å². The molecule has 0 spiro atoms. The predicted molar refractivity (Wildman–Crippen MR) is 66.8 cm³/mol. The molecule has 0 saturated heterocycles. The number of aryl methyl sites for hydroxylation is 2. The molecule has 0 aliphatic heterocycles. The van der Waals surface area contributed by atoms with Crippen LogP contribution in [0, 0.1) is 20.8 Å². The van der Waals surface area contributed by atoms with E-state index in [9.17, 15) is 5.11 Å². The molecule has 0 saturated carbocycles. The number of aliphatic hydroxyl groups is 1. The van der Waals surface area contributed by atoms with Crippen LogP contribution in [0.1, 0.15) is 32.7 Å². The van der Waals surface area contributed by atoms with Gasteiger partial charge in [-0.15, -0.1) is 11.3 Å². The van der Waals surface area contributed by atoms with E-state index >= 15 is 0 Å². The van der Waals surface area contributed by atoms with E-state index in [1.54, 1.807) is 17.5 Å². The highest BCUT2D eigenvalue weighted by Gasteiger charge is 2.15. The highest BCUT2D eigenvalue weighted by atomic mass is 32.1. The quantitative estimate of drug-likeness (QED) is 0.864. The van der Waals surface area contributed by atoms with Gasteiger partial charge in [-0.25, -0.2) is 4.98 Å². The van der Waals surface area contributed by atoms with Crippen LogP contribution in [0.15, 0.2) is 24.4 Å². The number of hydrogen-bond acceptors (Lipinski definition) is 3. The van der Waals surface area contributed by atoms with Crippen LogP contribution < -0.4 is 0 Å². The summed E-state index contributed by atoms with van der Waals surface area (Å²) in [5.74, 6) is 0. The number of rotatable bonds is 2. The van der Waals surface area contributed by atoms with Gasteiger partial charge in [-0.05, 0) is 37.5 Å². The maximum atomic E-state index is 10.3. The number of thiazole rings is 1. The lowest BCUT2D eigenvalue weighted by molar-refractivity contribution is 0.223. The summed E-state index contributed by atoms with van der Waals surface area (Å²) in [5.41, 5.74) is 3.34. The van der Waals surface area contributed by atoms with E-state index in [0.29, 0.717) is 0 Å². The number of nitrogens with zero attached hydrogens (tertiary/aromatic N) is 1. The first-order chi connectivity index (χ1) is 7.59. The summed E-state index contributed by atoms with van der Waals surface area (Å²) >= 11 is 1.54. The molecule has 0 fully saturated rings. The van der Waals surface area contributed by atoms with Crippen LogP contribution in [-0.2, 0) is 0 Å². The minimum absolute atomic E-state index is 0.550. The van der Waals surface area contributed by atoms with Crippen LogP contribution in [0.25, 0.3) is 0 Å². The van der Waals surface area contributed by atoms with Gasteiger partial charge in [-0.2, -0.15) is 0 Å². The summed E-state index contributed by atoms with van der Waals surface area (Å²) in [6.07, 6.45) is 1.21. The molecule has 1 heterocycles. The number of aliphatic hydroxyl groups excluding tert-OH is 1. The average molecular weight is 233 g/mol. The molecular weight excluding hydrogens is 218 g/mol. The second-order valence-corrected chi connectivity index (χ2v) is 5.24. The van der Waals surface area contributed by atoms with Gasteiger partial charge >= 0.3 is 0 Å². The van der Waals surface area contributed by atoms with Crippen molar-refractivity contribution < 1.29 is 5.11 Å². The first-order valence-corrected chi connectivity index (χ1v) is 6.07. The van der Waals surface area contributed by atoms with Crippen LogP contribution in [0.2, 0.25) is 0 Å². The van der Waals surface area contributed by atoms with Crippen molar-refractivity contribution in [3.8, 4) is 0 Å². The van der Waals surface area contributed by atoms with E-state index in [-0.39, 0.29) is 0 Å². The Morgan fingerprint density at radius 2 is 2.00 bits per heavy atom. The molecule has 1 aromatic heterocycles. The van der Waals surface area contributed by atoms with Crippen molar-refractivity contribution in [2.24, 2.45) is 0 Å². The monoisotopic (exact) mass is 233 g/mol. The Morgan fingerprint density at radius 3 is 2.62 bits per heavy atom. The van der Waals surface area contributed by atoms with Gasteiger partial charge < -0.3 is 5.11 Å². The van der Waals surface area contributed by atoms with Gasteiger partial charge in [-0.3, -0.25) is 0 Å². The number of aromatic nitrogens is 1. The summed E-state index contributed by atoms with van der Waals surface area (Å²) in [6.45, 7) is 6.05. The van der Waals surface area contributed by atoms with Crippen LogP contribution >= 0.6 is 11.3 Å². The molecule has 1 aromatic carbocycles. The maximum absolute atomic E-state index is 10.3. The Labute approximate surface area is 99.6 Å². The lowest BCUT2D eigenvalue weighted by Gasteiger charge is -2.13. The minimum Gasteiger partial charge on any atom is -0.383 e. The fourth-order valence-corrected chi connectivity index (χ4v) is 2.52. The van der Waals surface area contributed by atoms with Gasteiger partial charge in [0.05, 0.1) is 9.88 Å². The van der Waals surface area contributed by atoms with Crippen molar-refractivity contribution in [3.05, 3.63) is 51.0 Å². The molecule has 16 heavy (non-hydrogen) atoms. The van der Waals surface area contributed by atoms with Gasteiger partial charge in [0.2, 0.25) is 0 Å². The second-order valence-electron chi connectivity index (χ2n) is 3.97. The molecule has 2 rings (SSSR count). The normalized spacial score (nSPS) is 12.8. The highest BCUT2D eigenvalue weighted by molar-refractivity contribution is 7.11. The van der Waals surface area contributed by atoms with E-state index in [1.807, 2.05) is 26.0 Å². The lowest BCUT2D eigenvalue weighted by Crippen LogP contribution is -2.01. The molecule has 0 aliphatic rings. The second kappa shape index (κ2) is 4.36. The Balaban J connectivity index is 2.41. The first-order valence-electron chi connectivity index (χ1n) is 5.26. The zero-order valence-corrected chi connectivity index (χ0v) is 10.5. The molecule has 2 nitrogen and oxygen atoms in total. The first kappa shape index (κ1) is 11.3. The zero-order chi connectivity index (χ0) is 11.7. The molecule has 0 radical (unpaired) electrons. The zero-order valence-electron chi connectivity index (χ0n) is 9.69. The van der Waals surface area contributed by atoms with Crippen molar-refractivity contribution in [3.63, 3.8) is 0 Å². The molecular formula is C13H15NOS. The van der Waals surface area contributed by atoms with E-state index in [4.69, 9.17) is 0 Å². The van der Waals surface area contributed by atoms with Gasteiger partial charge in [0.25, 0.3) is 0 Å². The predicted octanol–water partition coefficient (Wildman–Crippen LogP) is 3.15. The molecule has 2 aromatic rings. The third-order valence-electron chi connectivity index (χ3n) is 2.85. The van der Waals surface area contributed by atoms with E-state index in [0.717, 1.165) is 21.0 Å². The Bertz CT molecular complexity index is 504. The van der Waals surface area contributed by atoms with Crippen molar-refractivity contribution in [2.45, 2.75) is 26.9 Å². The van der Waals surface area contributed by atoms with Crippen LogP contribution in [-0.4, -0.2) is 10.1 Å². The average Bonchev–Trinajstić information content (AvgIpc) is 2.68. The summed E-state index contributed by atoms with van der Waals surface area (Å²) in [7, 11) is 0. The summed E-state index contributed by atoms with van der Waals surface area (Å²) in [6, 6.07) is 6.01. The van der Waals surface area contributed by atoms with Gasteiger partial charge in [0.1, 0.15) is 6.10 Å². The van der Waals surface area contributed by atoms with Crippen molar-refractivity contribution >= 4 is 11.3 Å². The fraction of sp³-hybridized carbons (Fsp3) is 0.308. The van der Waals surface area contributed by atoms with Crippen LogP contribution in [0.4, 0.5) is 0 Å². The summed E-state index contributed by atoms with van der Waals surface area (Å²) in [4.78, 5) is 5.08. The Kier molecular flexibility index (Phi) is 3.08. The van der Waals surface area contributed by atoms with Crippen LogP contribution in [0.3, 0.4) is 0 Å². The SMILES string of the molecule is Cc1ncc(C(O)c2cccc(C)c2C)s1. The van der Waals surface area contributed by atoms with E-state index in [2.05, 4.69) is 18.0 Å². The fourth-order valence-electron chi connectivity index (χ4n) is 1.73.